The molecule has 2 nitrogen and oxygen atoms in total. The van der Waals surface area contributed by atoms with Crippen LogP contribution in [0.5, 0.6) is 0 Å². The average Bonchev–Trinajstić information content (AvgIpc) is 2.75. The topological polar surface area (TPSA) is 24.9 Å². The van der Waals surface area contributed by atoms with Crippen molar-refractivity contribution in [1.29, 1.82) is 0 Å². The van der Waals surface area contributed by atoms with Gasteiger partial charge in [0.25, 0.3) is 0 Å². The van der Waals surface area contributed by atoms with Crippen molar-refractivity contribution in [1.82, 2.24) is 10.3 Å². The molecule has 1 aromatic heterocycles. The third-order valence-corrected chi connectivity index (χ3v) is 3.97. The van der Waals surface area contributed by atoms with Gasteiger partial charge in [0, 0.05) is 17.8 Å². The highest BCUT2D eigenvalue weighted by atomic mass is 19.1. The second kappa shape index (κ2) is 5.13. The largest absolute Gasteiger partial charge is 0.310 e. The van der Waals surface area contributed by atoms with Gasteiger partial charge < -0.3 is 5.32 Å². The molecule has 0 radical (unpaired) electrons. The first-order valence-electron chi connectivity index (χ1n) is 6.50. The zero-order valence-electron chi connectivity index (χ0n) is 10.7. The molecular formula is C14H21FN2. The first-order chi connectivity index (χ1) is 8.17. The van der Waals surface area contributed by atoms with E-state index in [0.717, 1.165) is 12.1 Å². The van der Waals surface area contributed by atoms with Crippen molar-refractivity contribution in [2.45, 2.75) is 45.6 Å². The Morgan fingerprint density at radius 1 is 1.47 bits per heavy atom. The van der Waals surface area contributed by atoms with E-state index in [1.165, 1.54) is 31.9 Å². The highest BCUT2D eigenvalue weighted by Crippen LogP contribution is 2.47. The predicted octanol–water partition coefficient (Wildman–Crippen LogP) is 3.45. The fourth-order valence-electron chi connectivity index (χ4n) is 3.03. The van der Waals surface area contributed by atoms with Crippen LogP contribution in [0.25, 0.3) is 0 Å². The van der Waals surface area contributed by atoms with Gasteiger partial charge in [0.15, 0.2) is 0 Å². The summed E-state index contributed by atoms with van der Waals surface area (Å²) in [5.41, 5.74) is 0.948. The first-order valence-corrected chi connectivity index (χ1v) is 6.50. The van der Waals surface area contributed by atoms with Crippen LogP contribution in [0.4, 0.5) is 4.39 Å². The molecule has 1 aliphatic carbocycles. The van der Waals surface area contributed by atoms with Crippen molar-refractivity contribution in [3.8, 4) is 0 Å². The summed E-state index contributed by atoms with van der Waals surface area (Å²) < 4.78 is 13.9. The molecule has 1 saturated carbocycles. The predicted molar refractivity (Wildman–Crippen MR) is 67.2 cm³/mol. The Kier molecular flexibility index (Phi) is 3.77. The highest BCUT2D eigenvalue weighted by molar-refractivity contribution is 5.20. The molecule has 3 heteroatoms. The van der Waals surface area contributed by atoms with Gasteiger partial charge in [0.2, 0.25) is 0 Å². The molecule has 17 heavy (non-hydrogen) atoms. The van der Waals surface area contributed by atoms with Crippen LogP contribution in [0, 0.1) is 11.2 Å². The van der Waals surface area contributed by atoms with Crippen molar-refractivity contribution in [2.75, 3.05) is 6.54 Å². The van der Waals surface area contributed by atoms with Crippen molar-refractivity contribution < 1.29 is 4.39 Å². The minimum atomic E-state index is -0.188. The number of halogens is 1. The first kappa shape index (κ1) is 12.5. The highest BCUT2D eigenvalue weighted by Gasteiger charge is 2.38. The number of nitrogens with one attached hydrogen (secondary N) is 1. The summed E-state index contributed by atoms with van der Waals surface area (Å²) in [6, 6.07) is 1.92. The molecule has 1 aromatic rings. The van der Waals surface area contributed by atoms with Gasteiger partial charge in [-0.3, -0.25) is 4.98 Å². The van der Waals surface area contributed by atoms with Crippen molar-refractivity contribution in [2.24, 2.45) is 5.41 Å². The van der Waals surface area contributed by atoms with Gasteiger partial charge in [0.1, 0.15) is 5.82 Å². The molecule has 0 bridgehead atoms. The lowest BCUT2D eigenvalue weighted by Crippen LogP contribution is -2.35. The molecule has 1 fully saturated rings. The standard InChI is InChI=1S/C14H21FN2/c1-3-17-13(14(2)7-4-5-8-14)11-6-9-16-10-12(11)15/h6,9-10,13,17H,3-5,7-8H2,1-2H3. The smallest absolute Gasteiger partial charge is 0.146 e. The minimum Gasteiger partial charge on any atom is -0.310 e. The van der Waals surface area contributed by atoms with E-state index in [4.69, 9.17) is 0 Å². The number of pyridine rings is 1. The zero-order chi connectivity index (χ0) is 12.3. The van der Waals surface area contributed by atoms with E-state index in [9.17, 15) is 4.39 Å². The van der Waals surface area contributed by atoms with Crippen molar-refractivity contribution in [3.63, 3.8) is 0 Å². The summed E-state index contributed by atoms with van der Waals surface area (Å²) in [6.07, 6.45) is 7.86. The number of nitrogens with zero attached hydrogens (tertiary/aromatic N) is 1. The third-order valence-electron chi connectivity index (χ3n) is 3.97. The normalized spacial score (nSPS) is 20.4. The van der Waals surface area contributed by atoms with Gasteiger partial charge in [-0.15, -0.1) is 0 Å². The van der Waals surface area contributed by atoms with Crippen LogP contribution in [0.3, 0.4) is 0 Å². The van der Waals surface area contributed by atoms with E-state index >= 15 is 0 Å². The van der Waals surface area contributed by atoms with Crippen molar-refractivity contribution in [3.05, 3.63) is 29.8 Å². The van der Waals surface area contributed by atoms with Crippen LogP contribution in [0.15, 0.2) is 18.5 Å². The van der Waals surface area contributed by atoms with Gasteiger partial charge in [0.05, 0.1) is 6.20 Å². The Hall–Kier alpha value is -0.960. The molecule has 94 valence electrons. The number of hydrogen-bond acceptors (Lipinski definition) is 2. The minimum absolute atomic E-state index is 0.109. The van der Waals surface area contributed by atoms with E-state index in [2.05, 4.69) is 24.1 Å². The Morgan fingerprint density at radius 3 is 2.76 bits per heavy atom. The number of aromatic nitrogens is 1. The second-order valence-electron chi connectivity index (χ2n) is 5.25. The maximum absolute atomic E-state index is 13.9. The van der Waals surface area contributed by atoms with Crippen LogP contribution in [-0.2, 0) is 0 Å². The van der Waals surface area contributed by atoms with Crippen LogP contribution in [-0.4, -0.2) is 11.5 Å². The molecule has 0 aromatic carbocycles. The van der Waals surface area contributed by atoms with E-state index in [1.807, 2.05) is 6.07 Å². The van der Waals surface area contributed by atoms with E-state index in [1.54, 1.807) is 6.20 Å². The third kappa shape index (κ3) is 2.49. The summed E-state index contributed by atoms with van der Waals surface area (Å²) >= 11 is 0. The van der Waals surface area contributed by atoms with Crippen LogP contribution in [0.1, 0.15) is 51.1 Å². The molecule has 1 aliphatic rings. The van der Waals surface area contributed by atoms with Gasteiger partial charge in [-0.1, -0.05) is 26.7 Å². The molecular weight excluding hydrogens is 215 g/mol. The quantitative estimate of drug-likeness (QED) is 0.866. The van der Waals surface area contributed by atoms with Gasteiger partial charge in [-0.25, -0.2) is 4.39 Å². The van der Waals surface area contributed by atoms with Crippen LogP contribution < -0.4 is 5.32 Å². The molecule has 2 rings (SSSR count). The van der Waals surface area contributed by atoms with Crippen LogP contribution >= 0.6 is 0 Å². The Balaban J connectivity index is 2.32. The molecule has 1 heterocycles. The monoisotopic (exact) mass is 236 g/mol. The maximum atomic E-state index is 13.9. The molecule has 0 saturated heterocycles. The molecule has 1 unspecified atom stereocenters. The van der Waals surface area contributed by atoms with Gasteiger partial charge >= 0.3 is 0 Å². The Bertz CT molecular complexity index is 372. The SMILES string of the molecule is CCNC(c1ccncc1F)C1(C)CCCC1. The summed E-state index contributed by atoms with van der Waals surface area (Å²) in [4.78, 5) is 3.83. The van der Waals surface area contributed by atoms with E-state index in [-0.39, 0.29) is 17.3 Å². The van der Waals surface area contributed by atoms with Crippen LogP contribution in [0.2, 0.25) is 0 Å². The summed E-state index contributed by atoms with van der Waals surface area (Å²) in [7, 11) is 0. The average molecular weight is 236 g/mol. The lowest BCUT2D eigenvalue weighted by molar-refractivity contribution is 0.221. The fourth-order valence-corrected chi connectivity index (χ4v) is 3.03. The van der Waals surface area contributed by atoms with Gasteiger partial charge in [-0.05, 0) is 30.9 Å². The lowest BCUT2D eigenvalue weighted by Gasteiger charge is -2.35. The number of hydrogen-bond donors (Lipinski definition) is 1. The molecule has 1 atom stereocenters. The summed E-state index contributed by atoms with van der Waals surface area (Å²) in [6.45, 7) is 5.21. The lowest BCUT2D eigenvalue weighted by atomic mass is 9.77. The number of rotatable bonds is 4. The van der Waals surface area contributed by atoms with E-state index < -0.39 is 0 Å². The Labute approximate surface area is 103 Å². The molecule has 1 N–H and O–H groups in total. The summed E-state index contributed by atoms with van der Waals surface area (Å²) in [5.74, 6) is -0.188. The molecule has 0 amide bonds. The fraction of sp³-hybridized carbons (Fsp3) is 0.643. The summed E-state index contributed by atoms with van der Waals surface area (Å²) in [5, 5.41) is 3.45. The van der Waals surface area contributed by atoms with Crippen molar-refractivity contribution >= 4 is 0 Å². The molecule has 0 spiro atoms. The van der Waals surface area contributed by atoms with E-state index in [0.29, 0.717) is 0 Å². The Morgan fingerprint density at radius 2 is 2.18 bits per heavy atom. The maximum Gasteiger partial charge on any atom is 0.146 e. The second-order valence-corrected chi connectivity index (χ2v) is 5.25. The van der Waals surface area contributed by atoms with Gasteiger partial charge in [-0.2, -0.15) is 0 Å². The zero-order valence-corrected chi connectivity index (χ0v) is 10.7. The molecule has 0 aliphatic heterocycles.